The quantitative estimate of drug-likeness (QED) is 0.161. The number of hydrogen-bond acceptors (Lipinski definition) is 15. The molecule has 2 saturated heterocycles. The van der Waals surface area contributed by atoms with E-state index >= 15 is 0 Å². The van der Waals surface area contributed by atoms with Crippen molar-refractivity contribution in [2.45, 2.75) is 69.2 Å². The highest BCUT2D eigenvalue weighted by atomic mass is 16.7. The number of aliphatic hydroxyl groups is 5. The number of aliphatic hydroxyl groups excluding tert-OH is 5. The topological polar surface area (TPSA) is 249 Å². The predicted octanol–water partition coefficient (Wildman–Crippen LogP) is -0.412. The van der Waals surface area contributed by atoms with Crippen molar-refractivity contribution < 1.29 is 69.3 Å². The van der Waals surface area contributed by atoms with Crippen LogP contribution in [0.3, 0.4) is 0 Å². The molecule has 2 fully saturated rings. The van der Waals surface area contributed by atoms with Gasteiger partial charge in [-0.3, -0.25) is 4.79 Å². The summed E-state index contributed by atoms with van der Waals surface area (Å²) in [6.45, 7) is 2.66. The third-order valence-corrected chi connectivity index (χ3v) is 7.69. The van der Waals surface area contributed by atoms with Gasteiger partial charge in [-0.25, -0.2) is 0 Å². The maximum atomic E-state index is 13.6. The molecule has 0 spiro atoms. The van der Waals surface area contributed by atoms with Gasteiger partial charge >= 0.3 is 0 Å². The van der Waals surface area contributed by atoms with Gasteiger partial charge in [-0.05, 0) is 25.1 Å². The minimum absolute atomic E-state index is 0.0181. The second kappa shape index (κ2) is 11.8. The van der Waals surface area contributed by atoms with Gasteiger partial charge in [-0.1, -0.05) is 6.92 Å². The van der Waals surface area contributed by atoms with E-state index in [0.717, 1.165) is 24.3 Å². The van der Waals surface area contributed by atoms with Gasteiger partial charge in [0, 0.05) is 23.6 Å². The second-order valence-corrected chi connectivity index (χ2v) is 10.6. The van der Waals surface area contributed by atoms with Crippen molar-refractivity contribution in [3.63, 3.8) is 0 Å². The van der Waals surface area contributed by atoms with Crippen LogP contribution in [0, 0.1) is 5.92 Å². The van der Waals surface area contributed by atoms with Crippen LogP contribution in [0.4, 0.5) is 0 Å². The molecular weight excluding hydrogens is 576 g/mol. The molecular formula is C28H32O15. The molecule has 15 nitrogen and oxygen atoms in total. The molecule has 0 aliphatic carbocycles. The Balaban J connectivity index is 1.48. The van der Waals surface area contributed by atoms with Gasteiger partial charge in [-0.15, -0.1) is 0 Å². The van der Waals surface area contributed by atoms with Crippen molar-refractivity contribution in [2.24, 2.45) is 5.92 Å². The molecule has 1 aromatic heterocycles. The summed E-state index contributed by atoms with van der Waals surface area (Å²) >= 11 is 0. The van der Waals surface area contributed by atoms with Gasteiger partial charge in [0.05, 0.1) is 24.9 Å². The number of ether oxygens (including phenoxy) is 4. The molecule has 10 atom stereocenters. The smallest absolute Gasteiger partial charge is 0.239 e. The highest BCUT2D eigenvalue weighted by Gasteiger charge is 2.46. The fourth-order valence-electron chi connectivity index (χ4n) is 5.04. The zero-order valence-electron chi connectivity index (χ0n) is 22.8. The summed E-state index contributed by atoms with van der Waals surface area (Å²) < 4.78 is 28.5. The normalized spacial score (nSPS) is 33.0. The standard InChI is InChI=1S/C28H32O15/c1-9-17(8-39-27-24(38)22(36)20(34)10(2)40-27)42-28(23(37)19(9)33)43-26-21(35)18-15(32)6-12(29)7-16(18)41-25(26)11-3-4-13(30)14(31)5-11/h3-7,9-10,17,19-20,22-24,27-34,36-38H,8H2,1-2H3. The Kier molecular flexibility index (Phi) is 8.43. The molecule has 2 aromatic carbocycles. The molecule has 15 heteroatoms. The fraction of sp³-hybridized carbons (Fsp3) is 0.464. The van der Waals surface area contributed by atoms with Crippen molar-refractivity contribution in [1.82, 2.24) is 0 Å². The van der Waals surface area contributed by atoms with Crippen LogP contribution >= 0.6 is 0 Å². The summed E-state index contributed by atoms with van der Waals surface area (Å²) in [5.74, 6) is -3.84. The molecule has 0 saturated carbocycles. The molecule has 43 heavy (non-hydrogen) atoms. The van der Waals surface area contributed by atoms with Crippen LogP contribution in [-0.2, 0) is 14.2 Å². The van der Waals surface area contributed by atoms with E-state index in [9.17, 15) is 50.8 Å². The number of aromatic hydroxyl groups is 4. The van der Waals surface area contributed by atoms with E-state index in [0.29, 0.717) is 0 Å². The van der Waals surface area contributed by atoms with Crippen LogP contribution in [0.15, 0.2) is 39.5 Å². The molecule has 5 rings (SSSR count). The highest BCUT2D eigenvalue weighted by Crippen LogP contribution is 2.39. The van der Waals surface area contributed by atoms with E-state index in [1.807, 2.05) is 0 Å². The average Bonchev–Trinajstić information content (AvgIpc) is 2.96. The summed E-state index contributed by atoms with van der Waals surface area (Å²) in [5, 5.41) is 91.6. The van der Waals surface area contributed by atoms with E-state index < -0.39 is 101 Å². The van der Waals surface area contributed by atoms with Crippen LogP contribution in [0.2, 0.25) is 0 Å². The van der Waals surface area contributed by atoms with Gasteiger partial charge in [0.25, 0.3) is 0 Å². The highest BCUT2D eigenvalue weighted by molar-refractivity contribution is 5.88. The van der Waals surface area contributed by atoms with Crippen molar-refractivity contribution >= 4 is 11.0 Å². The zero-order chi connectivity index (χ0) is 31.3. The first kappa shape index (κ1) is 30.8. The molecule has 2 aliphatic rings. The lowest BCUT2D eigenvalue weighted by atomic mass is 9.91. The van der Waals surface area contributed by atoms with Crippen LogP contribution in [-0.4, -0.2) is 108 Å². The molecule has 3 heterocycles. The van der Waals surface area contributed by atoms with Crippen LogP contribution < -0.4 is 10.2 Å². The second-order valence-electron chi connectivity index (χ2n) is 10.6. The maximum Gasteiger partial charge on any atom is 0.239 e. The van der Waals surface area contributed by atoms with Gasteiger partial charge < -0.3 is 69.3 Å². The first-order valence-electron chi connectivity index (χ1n) is 13.3. The number of phenols is 4. The van der Waals surface area contributed by atoms with Gasteiger partial charge in [-0.2, -0.15) is 0 Å². The lowest BCUT2D eigenvalue weighted by molar-refractivity contribution is -0.313. The molecule has 0 radical (unpaired) electrons. The lowest BCUT2D eigenvalue weighted by Gasteiger charge is -2.43. The number of fused-ring (bicyclic) bond motifs is 1. The Morgan fingerprint density at radius 2 is 1.47 bits per heavy atom. The van der Waals surface area contributed by atoms with Crippen molar-refractivity contribution in [3.05, 3.63) is 40.6 Å². The first-order valence-corrected chi connectivity index (χ1v) is 13.3. The zero-order valence-corrected chi connectivity index (χ0v) is 22.8. The van der Waals surface area contributed by atoms with Gasteiger partial charge in [0.1, 0.15) is 46.9 Å². The summed E-state index contributed by atoms with van der Waals surface area (Å²) in [7, 11) is 0. The van der Waals surface area contributed by atoms with Crippen LogP contribution in [0.1, 0.15) is 13.8 Å². The Morgan fingerprint density at radius 1 is 0.767 bits per heavy atom. The molecule has 10 unspecified atom stereocenters. The summed E-state index contributed by atoms with van der Waals surface area (Å²) in [6.07, 6.45) is -12.7. The van der Waals surface area contributed by atoms with E-state index in [4.69, 9.17) is 23.4 Å². The minimum Gasteiger partial charge on any atom is -0.508 e. The Morgan fingerprint density at radius 3 is 2.16 bits per heavy atom. The van der Waals surface area contributed by atoms with E-state index in [-0.39, 0.29) is 23.5 Å². The summed E-state index contributed by atoms with van der Waals surface area (Å²) in [5.41, 5.74) is -1.20. The Bertz CT molecular complexity index is 1540. The summed E-state index contributed by atoms with van der Waals surface area (Å²) in [4.78, 5) is 13.6. The third kappa shape index (κ3) is 5.69. The van der Waals surface area contributed by atoms with Crippen LogP contribution in [0.25, 0.3) is 22.3 Å². The van der Waals surface area contributed by atoms with E-state index in [1.165, 1.54) is 19.9 Å². The molecule has 3 aromatic rings. The Labute approximate surface area is 242 Å². The molecule has 234 valence electrons. The van der Waals surface area contributed by atoms with Gasteiger partial charge in [0.2, 0.25) is 17.5 Å². The number of hydrogen-bond donors (Lipinski definition) is 9. The van der Waals surface area contributed by atoms with E-state index in [1.54, 1.807) is 0 Å². The average molecular weight is 609 g/mol. The maximum absolute atomic E-state index is 13.6. The molecule has 2 aliphatic heterocycles. The van der Waals surface area contributed by atoms with Crippen molar-refractivity contribution in [2.75, 3.05) is 6.61 Å². The predicted molar refractivity (Wildman–Crippen MR) is 143 cm³/mol. The monoisotopic (exact) mass is 608 g/mol. The molecule has 0 amide bonds. The third-order valence-electron chi connectivity index (χ3n) is 7.69. The summed E-state index contributed by atoms with van der Waals surface area (Å²) in [6, 6.07) is 5.42. The van der Waals surface area contributed by atoms with Gasteiger partial charge in [0.15, 0.2) is 23.5 Å². The Hall–Kier alpha value is -3.67. The number of rotatable bonds is 6. The largest absolute Gasteiger partial charge is 0.508 e. The molecule has 0 bridgehead atoms. The number of benzene rings is 2. The fourth-order valence-corrected chi connectivity index (χ4v) is 5.04. The SMILES string of the molecule is CC1OC(OCC2OC(Oc3c(-c4ccc(O)c(O)c4)oc4cc(O)cc(O)c4c3=O)C(O)C(O)C2C)C(O)C(O)C1O. The lowest BCUT2D eigenvalue weighted by Crippen LogP contribution is -2.59. The first-order chi connectivity index (χ1) is 20.3. The minimum atomic E-state index is -1.73. The molecule has 9 N–H and O–H groups in total. The van der Waals surface area contributed by atoms with Crippen molar-refractivity contribution in [1.29, 1.82) is 0 Å². The van der Waals surface area contributed by atoms with Crippen LogP contribution in [0.5, 0.6) is 28.7 Å². The number of phenolic OH excluding ortho intramolecular Hbond substituents is 4. The van der Waals surface area contributed by atoms with Crippen molar-refractivity contribution in [3.8, 4) is 40.1 Å². The van der Waals surface area contributed by atoms with E-state index in [2.05, 4.69) is 0 Å².